The van der Waals surface area contributed by atoms with E-state index in [1.54, 1.807) is 0 Å². The number of ether oxygens (including phenoxy) is 1. The van der Waals surface area contributed by atoms with Crippen molar-refractivity contribution in [2.75, 3.05) is 7.11 Å². The van der Waals surface area contributed by atoms with Gasteiger partial charge in [-0.05, 0) is 42.0 Å². The summed E-state index contributed by atoms with van der Waals surface area (Å²) in [7, 11) is 1.24. The molecule has 2 aromatic carbocycles. The fraction of sp³-hybridized carbons (Fsp3) is 0.320. The summed E-state index contributed by atoms with van der Waals surface area (Å²) in [6.07, 6.45) is 1.03. The number of nitrogens with one attached hydrogen (secondary N) is 1. The van der Waals surface area contributed by atoms with Crippen molar-refractivity contribution in [2.24, 2.45) is 5.41 Å². The molecule has 5 rings (SSSR count). The van der Waals surface area contributed by atoms with Gasteiger partial charge in [0.25, 0.3) is 0 Å². The Hall–Kier alpha value is -2.99. The normalized spacial score (nSPS) is 17.8. The number of H-pyrrole nitrogens is 1. The molecular weight excluding hydrogens is 398 g/mol. The van der Waals surface area contributed by atoms with E-state index in [2.05, 4.69) is 18.8 Å². The summed E-state index contributed by atoms with van der Waals surface area (Å²) in [6, 6.07) is 10.5. The minimum atomic E-state index is -0.736. The number of aromatic amines is 1. The molecule has 0 unspecified atom stereocenters. The van der Waals surface area contributed by atoms with E-state index >= 15 is 0 Å². The second-order valence-corrected chi connectivity index (χ2v) is 9.17. The summed E-state index contributed by atoms with van der Waals surface area (Å²) in [6.45, 7) is 4.24. The van der Waals surface area contributed by atoms with E-state index in [0.29, 0.717) is 17.7 Å². The molecule has 0 saturated heterocycles. The van der Waals surface area contributed by atoms with Gasteiger partial charge < -0.3 is 14.8 Å². The number of rotatable bonds is 3. The first-order valence-electron chi connectivity index (χ1n) is 10.4. The maximum absolute atomic E-state index is 14.3. The van der Waals surface area contributed by atoms with Crippen LogP contribution in [-0.2, 0) is 12.8 Å². The number of pyridine rings is 1. The predicted octanol–water partition coefficient (Wildman–Crippen LogP) is 5.60. The van der Waals surface area contributed by atoms with Gasteiger partial charge in [-0.15, -0.1) is 0 Å². The quantitative estimate of drug-likeness (QED) is 0.452. The van der Waals surface area contributed by atoms with Gasteiger partial charge in [0.15, 0.2) is 17.4 Å². The van der Waals surface area contributed by atoms with Gasteiger partial charge in [-0.1, -0.05) is 32.0 Å². The van der Waals surface area contributed by atoms with Gasteiger partial charge in [-0.3, -0.25) is 4.98 Å². The van der Waals surface area contributed by atoms with Crippen LogP contribution >= 0.6 is 0 Å². The monoisotopic (exact) mass is 422 g/mol. The van der Waals surface area contributed by atoms with Crippen molar-refractivity contribution >= 4 is 21.8 Å². The molecule has 1 atom stereocenters. The molecule has 2 N–H and O–H groups in total. The number of hydrogen-bond acceptors (Lipinski definition) is 3. The SMILES string of the molecule is COc1c(F)cc(Cc2nc3c(c4c2[nH]c2ccccc24)[C@@H](O)CC(C)(C)C3)cc1F. The molecule has 4 nitrogen and oxygen atoms in total. The average Bonchev–Trinajstić information content (AvgIpc) is 3.06. The number of benzene rings is 2. The fourth-order valence-electron chi connectivity index (χ4n) is 4.94. The summed E-state index contributed by atoms with van der Waals surface area (Å²) in [5.74, 6) is -1.86. The molecule has 0 saturated carbocycles. The van der Waals surface area contributed by atoms with E-state index in [9.17, 15) is 13.9 Å². The number of halogens is 2. The van der Waals surface area contributed by atoms with Crippen molar-refractivity contribution < 1.29 is 18.6 Å². The first-order chi connectivity index (χ1) is 14.8. The lowest BCUT2D eigenvalue weighted by Crippen LogP contribution is -2.27. The minimum Gasteiger partial charge on any atom is -0.491 e. The van der Waals surface area contributed by atoms with Crippen LogP contribution < -0.4 is 4.74 Å². The van der Waals surface area contributed by atoms with Gasteiger partial charge in [-0.25, -0.2) is 8.78 Å². The number of aromatic nitrogens is 2. The zero-order chi connectivity index (χ0) is 21.9. The van der Waals surface area contributed by atoms with Crippen LogP contribution in [0.15, 0.2) is 36.4 Å². The Bertz CT molecular complexity index is 1300. The molecule has 2 heterocycles. The third kappa shape index (κ3) is 3.26. The predicted molar refractivity (Wildman–Crippen MR) is 116 cm³/mol. The molecule has 0 spiro atoms. The van der Waals surface area contributed by atoms with Crippen molar-refractivity contribution in [3.63, 3.8) is 0 Å². The van der Waals surface area contributed by atoms with Crippen molar-refractivity contribution in [3.05, 3.63) is 70.5 Å². The summed E-state index contributed by atoms with van der Waals surface area (Å²) in [5.41, 5.74) is 4.55. The number of aliphatic hydroxyl groups is 1. The molecule has 160 valence electrons. The smallest absolute Gasteiger partial charge is 0.190 e. The van der Waals surface area contributed by atoms with Crippen LogP contribution in [0.2, 0.25) is 0 Å². The summed E-state index contributed by atoms with van der Waals surface area (Å²) in [5, 5.41) is 13.0. The Morgan fingerprint density at radius 1 is 1.19 bits per heavy atom. The van der Waals surface area contributed by atoms with Crippen LogP contribution in [-0.4, -0.2) is 22.2 Å². The van der Waals surface area contributed by atoms with Crippen LogP contribution in [0.3, 0.4) is 0 Å². The third-order valence-corrected chi connectivity index (χ3v) is 6.20. The zero-order valence-corrected chi connectivity index (χ0v) is 17.7. The number of hydrogen-bond donors (Lipinski definition) is 2. The van der Waals surface area contributed by atoms with Crippen molar-refractivity contribution in [2.45, 2.75) is 39.2 Å². The molecular formula is C25H24F2N2O2. The highest BCUT2D eigenvalue weighted by molar-refractivity contribution is 6.10. The molecule has 0 radical (unpaired) electrons. The molecule has 0 fully saturated rings. The Morgan fingerprint density at radius 3 is 2.61 bits per heavy atom. The lowest BCUT2D eigenvalue weighted by molar-refractivity contribution is 0.0997. The minimum absolute atomic E-state index is 0.0885. The topological polar surface area (TPSA) is 58.1 Å². The second-order valence-electron chi connectivity index (χ2n) is 9.17. The lowest BCUT2D eigenvalue weighted by atomic mass is 9.74. The number of para-hydroxylation sites is 1. The van der Waals surface area contributed by atoms with Gasteiger partial charge in [0.05, 0.1) is 24.4 Å². The van der Waals surface area contributed by atoms with Gasteiger partial charge >= 0.3 is 0 Å². The number of aliphatic hydroxyl groups excluding tert-OH is 1. The highest BCUT2D eigenvalue weighted by Crippen LogP contribution is 2.45. The molecule has 31 heavy (non-hydrogen) atoms. The molecule has 2 aromatic heterocycles. The standard InChI is InChI=1S/C25H24F2N2O2/c1-25(2)11-19-22(20(30)12-25)21-14-6-4-5-7-17(14)29-23(21)18(28-19)10-13-8-15(26)24(31-3)16(27)9-13/h4-9,20,29-30H,10-12H2,1-3H3/t20-/m0/s1. The Labute approximate surface area is 178 Å². The van der Waals surface area contributed by atoms with Crippen LogP contribution in [0.25, 0.3) is 21.8 Å². The van der Waals surface area contributed by atoms with Gasteiger partial charge in [-0.2, -0.15) is 0 Å². The Kier molecular flexibility index (Phi) is 4.52. The zero-order valence-electron chi connectivity index (χ0n) is 17.7. The largest absolute Gasteiger partial charge is 0.491 e. The molecule has 1 aliphatic carbocycles. The Morgan fingerprint density at radius 2 is 1.90 bits per heavy atom. The van der Waals surface area contributed by atoms with Crippen LogP contribution in [0, 0.1) is 17.0 Å². The first-order valence-corrected chi connectivity index (χ1v) is 10.4. The maximum Gasteiger partial charge on any atom is 0.190 e. The first kappa shape index (κ1) is 19.9. The van der Waals surface area contributed by atoms with Crippen LogP contribution in [0.1, 0.15) is 48.9 Å². The fourth-order valence-corrected chi connectivity index (χ4v) is 4.94. The van der Waals surface area contributed by atoms with Crippen molar-refractivity contribution in [3.8, 4) is 5.75 Å². The van der Waals surface area contributed by atoms with Gasteiger partial charge in [0.2, 0.25) is 0 Å². The number of nitrogens with zero attached hydrogens (tertiary/aromatic N) is 1. The third-order valence-electron chi connectivity index (χ3n) is 6.20. The average molecular weight is 422 g/mol. The molecule has 1 aliphatic rings. The second kappa shape index (κ2) is 7.02. The van der Waals surface area contributed by atoms with Gasteiger partial charge in [0, 0.05) is 34.0 Å². The molecule has 0 aliphatic heterocycles. The van der Waals surface area contributed by atoms with E-state index in [-0.39, 0.29) is 17.6 Å². The van der Waals surface area contributed by atoms with E-state index in [0.717, 1.165) is 39.5 Å². The highest BCUT2D eigenvalue weighted by Gasteiger charge is 2.35. The Balaban J connectivity index is 1.75. The van der Waals surface area contributed by atoms with Crippen molar-refractivity contribution in [1.82, 2.24) is 9.97 Å². The highest BCUT2D eigenvalue weighted by atomic mass is 19.1. The number of methoxy groups -OCH3 is 1. The maximum atomic E-state index is 14.3. The lowest BCUT2D eigenvalue weighted by Gasteiger charge is -2.34. The van der Waals surface area contributed by atoms with E-state index in [1.807, 2.05) is 24.3 Å². The molecule has 0 amide bonds. The van der Waals surface area contributed by atoms with Crippen molar-refractivity contribution in [1.29, 1.82) is 0 Å². The van der Waals surface area contributed by atoms with E-state index in [1.165, 1.54) is 19.2 Å². The molecule has 6 heteroatoms. The van der Waals surface area contributed by atoms with E-state index < -0.39 is 17.7 Å². The number of fused-ring (bicyclic) bond motifs is 5. The molecule has 0 bridgehead atoms. The summed E-state index contributed by atoms with van der Waals surface area (Å²) in [4.78, 5) is 8.34. The summed E-state index contributed by atoms with van der Waals surface area (Å²) < 4.78 is 33.4. The van der Waals surface area contributed by atoms with Crippen LogP contribution in [0.5, 0.6) is 5.75 Å². The van der Waals surface area contributed by atoms with Crippen LogP contribution in [0.4, 0.5) is 8.78 Å². The molecule has 4 aromatic rings. The van der Waals surface area contributed by atoms with Gasteiger partial charge in [0.1, 0.15) is 0 Å². The summed E-state index contributed by atoms with van der Waals surface area (Å²) >= 11 is 0. The van der Waals surface area contributed by atoms with E-state index in [4.69, 9.17) is 9.72 Å².